The van der Waals surface area contributed by atoms with Gasteiger partial charge in [-0.15, -0.1) is 0 Å². The van der Waals surface area contributed by atoms with Crippen molar-refractivity contribution >= 4 is 5.91 Å². The highest BCUT2D eigenvalue weighted by Gasteiger charge is 2.47. The molecule has 0 aliphatic heterocycles. The SMILES string of the molecule is CCn1nc(C(=O)NCC2(O)CCC(C)CC2)c(C)c1-c1ccc(CC(C)(C)C(F)(F)F)cc1OC(F)F. The topological polar surface area (TPSA) is 76.4 Å². The highest BCUT2D eigenvalue weighted by molar-refractivity contribution is 5.95. The summed E-state index contributed by atoms with van der Waals surface area (Å²) in [4.78, 5) is 13.0. The highest BCUT2D eigenvalue weighted by Crippen LogP contribution is 2.42. The van der Waals surface area contributed by atoms with E-state index >= 15 is 0 Å². The summed E-state index contributed by atoms with van der Waals surface area (Å²) in [5.41, 5.74) is -1.89. The third-order valence-corrected chi connectivity index (χ3v) is 7.42. The van der Waals surface area contributed by atoms with Gasteiger partial charge in [0.2, 0.25) is 0 Å². The van der Waals surface area contributed by atoms with E-state index in [0.717, 1.165) is 26.7 Å². The monoisotopic (exact) mass is 545 g/mol. The molecule has 0 spiro atoms. The third kappa shape index (κ3) is 6.65. The number of aliphatic hydroxyl groups is 1. The van der Waals surface area contributed by atoms with Crippen molar-refractivity contribution in [3.63, 3.8) is 0 Å². The summed E-state index contributed by atoms with van der Waals surface area (Å²) in [5, 5.41) is 17.9. The number of benzene rings is 1. The van der Waals surface area contributed by atoms with E-state index in [0.29, 0.717) is 36.6 Å². The molecule has 38 heavy (non-hydrogen) atoms. The Labute approximate surface area is 219 Å². The van der Waals surface area contributed by atoms with Crippen molar-refractivity contribution in [3.05, 3.63) is 35.0 Å². The van der Waals surface area contributed by atoms with E-state index < -0.39 is 36.1 Å². The fourth-order valence-corrected chi connectivity index (χ4v) is 4.82. The van der Waals surface area contributed by atoms with Gasteiger partial charge in [0.15, 0.2) is 5.69 Å². The number of nitrogens with one attached hydrogen (secondary N) is 1. The lowest BCUT2D eigenvalue weighted by molar-refractivity contribution is -0.211. The Morgan fingerprint density at radius 2 is 1.89 bits per heavy atom. The standard InChI is InChI=1S/C27H36F5N3O3/c1-6-35-22(17(3)21(34-35)23(36)33-15-26(37)11-9-16(2)10-12-26)19-8-7-18(13-20(19)38-24(28)29)14-25(4,5)27(30,31)32/h7-8,13,16,24,37H,6,9-12,14-15H2,1-5H3,(H,33,36). The lowest BCUT2D eigenvalue weighted by Gasteiger charge is -2.34. The first kappa shape index (κ1) is 29.9. The van der Waals surface area contributed by atoms with Gasteiger partial charge in [0, 0.05) is 24.2 Å². The first-order valence-electron chi connectivity index (χ1n) is 12.8. The van der Waals surface area contributed by atoms with Gasteiger partial charge in [-0.3, -0.25) is 9.48 Å². The molecule has 0 saturated heterocycles. The van der Waals surface area contributed by atoms with Gasteiger partial charge < -0.3 is 15.2 Å². The number of alkyl halides is 5. The van der Waals surface area contributed by atoms with Crippen molar-refractivity contribution in [2.75, 3.05) is 6.54 Å². The van der Waals surface area contributed by atoms with Crippen molar-refractivity contribution < 1.29 is 36.6 Å². The van der Waals surface area contributed by atoms with E-state index in [4.69, 9.17) is 4.74 Å². The first-order valence-corrected chi connectivity index (χ1v) is 12.8. The molecule has 1 heterocycles. The number of nitrogens with zero attached hydrogens (tertiary/aromatic N) is 2. The molecule has 1 aliphatic rings. The summed E-state index contributed by atoms with van der Waals surface area (Å²) >= 11 is 0. The molecule has 212 valence electrons. The average Bonchev–Trinajstić information content (AvgIpc) is 3.15. The highest BCUT2D eigenvalue weighted by atomic mass is 19.4. The molecule has 1 aromatic heterocycles. The number of aromatic nitrogens is 2. The van der Waals surface area contributed by atoms with Crippen LogP contribution in [0.5, 0.6) is 5.75 Å². The minimum Gasteiger partial charge on any atom is -0.434 e. The second-order valence-electron chi connectivity index (χ2n) is 11.0. The van der Waals surface area contributed by atoms with E-state index in [1.807, 2.05) is 0 Å². The van der Waals surface area contributed by atoms with Gasteiger partial charge in [-0.1, -0.05) is 26.8 Å². The first-order chi connectivity index (χ1) is 17.6. The number of amides is 1. The fourth-order valence-electron chi connectivity index (χ4n) is 4.82. The van der Waals surface area contributed by atoms with Crippen LogP contribution in [-0.4, -0.2) is 45.7 Å². The number of aryl methyl sites for hydroxylation is 1. The lowest BCUT2D eigenvalue weighted by atomic mass is 9.79. The van der Waals surface area contributed by atoms with Crippen LogP contribution in [0.25, 0.3) is 11.3 Å². The van der Waals surface area contributed by atoms with Crippen LogP contribution < -0.4 is 10.1 Å². The van der Waals surface area contributed by atoms with E-state index in [2.05, 4.69) is 17.3 Å². The van der Waals surface area contributed by atoms with Crippen molar-refractivity contribution in [3.8, 4) is 17.0 Å². The van der Waals surface area contributed by atoms with Crippen LogP contribution in [0.2, 0.25) is 0 Å². The Morgan fingerprint density at radius 1 is 1.26 bits per heavy atom. The van der Waals surface area contributed by atoms with Crippen LogP contribution in [0, 0.1) is 18.3 Å². The Hall–Kier alpha value is -2.69. The number of rotatable bonds is 9. The van der Waals surface area contributed by atoms with Gasteiger partial charge in [-0.2, -0.15) is 27.1 Å². The summed E-state index contributed by atoms with van der Waals surface area (Å²) in [6.07, 6.45) is -2.04. The van der Waals surface area contributed by atoms with E-state index in [-0.39, 0.29) is 29.1 Å². The average molecular weight is 546 g/mol. The number of carbonyl (C=O) groups excluding carboxylic acids is 1. The van der Waals surface area contributed by atoms with Crippen molar-refractivity contribution in [2.24, 2.45) is 11.3 Å². The predicted octanol–water partition coefficient (Wildman–Crippen LogP) is 6.28. The molecule has 2 N–H and O–H groups in total. The minimum absolute atomic E-state index is 0.0652. The summed E-state index contributed by atoms with van der Waals surface area (Å²) < 4.78 is 73.1. The molecule has 0 bridgehead atoms. The molecule has 6 nitrogen and oxygen atoms in total. The van der Waals surface area contributed by atoms with E-state index in [1.54, 1.807) is 13.8 Å². The zero-order valence-electron chi connectivity index (χ0n) is 22.4. The molecule has 1 saturated carbocycles. The Kier molecular flexibility index (Phi) is 8.80. The maximum Gasteiger partial charge on any atom is 0.394 e. The number of hydrogen-bond acceptors (Lipinski definition) is 4. The third-order valence-electron chi connectivity index (χ3n) is 7.42. The molecule has 11 heteroatoms. The van der Waals surface area contributed by atoms with Gasteiger partial charge >= 0.3 is 12.8 Å². The number of hydrogen-bond donors (Lipinski definition) is 2. The molecule has 0 atom stereocenters. The van der Waals surface area contributed by atoms with Gasteiger partial charge in [-0.25, -0.2) is 0 Å². The van der Waals surface area contributed by atoms with Crippen LogP contribution in [0.3, 0.4) is 0 Å². The molecule has 1 amide bonds. The molecular formula is C27H36F5N3O3. The zero-order valence-corrected chi connectivity index (χ0v) is 22.4. The summed E-state index contributed by atoms with van der Waals surface area (Å²) in [6.45, 7) is 4.73. The molecule has 1 aromatic carbocycles. The zero-order chi connectivity index (χ0) is 28.5. The van der Waals surface area contributed by atoms with Crippen molar-refractivity contribution in [1.29, 1.82) is 0 Å². The van der Waals surface area contributed by atoms with E-state index in [1.165, 1.54) is 22.9 Å². The molecule has 1 aliphatic carbocycles. The Bertz CT molecular complexity index is 1140. The lowest BCUT2D eigenvalue weighted by Crippen LogP contribution is -2.45. The van der Waals surface area contributed by atoms with Gasteiger partial charge in [0.05, 0.1) is 16.7 Å². The normalized spacial score (nSPS) is 20.6. The molecule has 1 fully saturated rings. The van der Waals surface area contributed by atoms with Gasteiger partial charge in [0.1, 0.15) is 5.75 Å². The van der Waals surface area contributed by atoms with Gasteiger partial charge in [-0.05, 0) is 69.6 Å². The maximum absolute atomic E-state index is 13.4. The molecule has 2 aromatic rings. The molecule has 0 radical (unpaired) electrons. The quantitative estimate of drug-likeness (QED) is 0.364. The second kappa shape index (κ2) is 11.2. The summed E-state index contributed by atoms with van der Waals surface area (Å²) in [5.74, 6) is -0.291. The number of ether oxygens (including phenoxy) is 1. The smallest absolute Gasteiger partial charge is 0.394 e. The molecule has 0 unspecified atom stereocenters. The fraction of sp³-hybridized carbons (Fsp3) is 0.630. The van der Waals surface area contributed by atoms with Crippen LogP contribution >= 0.6 is 0 Å². The van der Waals surface area contributed by atoms with E-state index in [9.17, 15) is 31.9 Å². The Morgan fingerprint density at radius 3 is 2.45 bits per heavy atom. The van der Waals surface area contributed by atoms with Crippen LogP contribution in [0.15, 0.2) is 18.2 Å². The number of halogens is 5. The van der Waals surface area contributed by atoms with Crippen LogP contribution in [-0.2, 0) is 13.0 Å². The maximum atomic E-state index is 13.4. The van der Waals surface area contributed by atoms with Crippen molar-refractivity contribution in [1.82, 2.24) is 15.1 Å². The van der Waals surface area contributed by atoms with Crippen molar-refractivity contribution in [2.45, 2.75) is 91.7 Å². The summed E-state index contributed by atoms with van der Waals surface area (Å²) in [7, 11) is 0. The van der Waals surface area contributed by atoms with Gasteiger partial charge in [0.25, 0.3) is 5.91 Å². The number of carbonyl (C=O) groups is 1. The second-order valence-corrected chi connectivity index (χ2v) is 11.0. The molecule has 3 rings (SSSR count). The van der Waals surface area contributed by atoms with Crippen LogP contribution in [0.4, 0.5) is 22.0 Å². The summed E-state index contributed by atoms with van der Waals surface area (Å²) in [6, 6.07) is 4.04. The Balaban J connectivity index is 1.93. The molecular weight excluding hydrogens is 509 g/mol. The van der Waals surface area contributed by atoms with Crippen LogP contribution in [0.1, 0.15) is 75.0 Å². The largest absolute Gasteiger partial charge is 0.434 e. The predicted molar refractivity (Wildman–Crippen MR) is 133 cm³/mol. The minimum atomic E-state index is -4.49.